The number of esters is 1. The maximum atomic E-state index is 13.6. The van der Waals surface area contributed by atoms with E-state index in [1.807, 2.05) is 26.0 Å². The number of unbranched alkanes of at least 4 members (excludes halogenated alkanes) is 1. The number of aliphatic hydroxyl groups is 1. The molecule has 0 fully saturated rings. The second-order valence-electron chi connectivity index (χ2n) is 14.5. The van der Waals surface area contributed by atoms with Crippen LogP contribution < -0.4 is 26.6 Å². The van der Waals surface area contributed by atoms with E-state index in [1.165, 1.54) is 6.92 Å². The molecular formula is C38H64N6O8. The van der Waals surface area contributed by atoms with Crippen LogP contribution in [0.4, 0.5) is 0 Å². The number of hydrogen-bond acceptors (Lipinski definition) is 9. The van der Waals surface area contributed by atoms with E-state index in [0.29, 0.717) is 12.0 Å². The third-order valence-electron chi connectivity index (χ3n) is 8.86. The van der Waals surface area contributed by atoms with E-state index in [-0.39, 0.29) is 30.6 Å². The molecule has 0 aliphatic heterocycles. The van der Waals surface area contributed by atoms with Crippen LogP contribution in [0.2, 0.25) is 0 Å². The van der Waals surface area contributed by atoms with E-state index in [9.17, 15) is 33.9 Å². The Labute approximate surface area is 309 Å². The number of benzene rings is 1. The zero-order valence-electron chi connectivity index (χ0n) is 32.9. The summed E-state index contributed by atoms with van der Waals surface area (Å²) in [5.41, 5.74) is 1.39. The maximum Gasteiger partial charge on any atom is 0.330 e. The second-order valence-corrected chi connectivity index (χ2v) is 14.5. The quantitative estimate of drug-likeness (QED) is 0.0765. The summed E-state index contributed by atoms with van der Waals surface area (Å²) in [5, 5.41) is 22.9. The first-order chi connectivity index (χ1) is 24.4. The lowest BCUT2D eigenvalue weighted by molar-refractivity contribution is -0.146. The number of carbonyl (C=O) groups excluding carboxylic acids is 6. The summed E-state index contributed by atoms with van der Waals surface area (Å²) in [4.78, 5) is 80.7. The van der Waals surface area contributed by atoms with Crippen LogP contribution in [0.5, 0.6) is 0 Å². The minimum Gasteiger partial charge on any atom is -0.467 e. The van der Waals surface area contributed by atoms with Crippen molar-refractivity contribution >= 4 is 35.5 Å². The lowest BCUT2D eigenvalue weighted by Crippen LogP contribution is -2.58. The molecule has 0 bridgehead atoms. The summed E-state index contributed by atoms with van der Waals surface area (Å²) in [6.07, 6.45) is 2.09. The molecule has 1 aromatic carbocycles. The number of methoxy groups -OCH3 is 1. The summed E-state index contributed by atoms with van der Waals surface area (Å²) >= 11 is 0. The predicted octanol–water partition coefficient (Wildman–Crippen LogP) is 2.18. The standard InChI is InChI=1S/C38H64N6O8/c1-11-28(40-33(47)26-17-19-27(20-18-26)38(7,8)9)34(48)39-25(6)32(46)42-30(22-24(4)5)36(50)41-29(16-14-15-21-44(12-2)13-3)35(49)43-31(23-45)37(51)52-10/h17-20,24-25,28-31,45H,11-16,21-23H2,1-10H3,(H,39,48)(H,40,47)(H,41,50)(H,42,46)(H,43,49)/t25-,28?,29-,30-,31-/m0/s1. The Morgan fingerprint density at radius 2 is 1.27 bits per heavy atom. The molecule has 1 rings (SSSR count). The maximum absolute atomic E-state index is 13.6. The number of carbonyl (C=O) groups is 6. The van der Waals surface area contributed by atoms with E-state index in [0.717, 1.165) is 38.7 Å². The number of nitrogens with one attached hydrogen (secondary N) is 5. The summed E-state index contributed by atoms with van der Waals surface area (Å²) in [6.45, 7) is 19.2. The van der Waals surface area contributed by atoms with Crippen molar-refractivity contribution < 1.29 is 38.6 Å². The molecule has 5 atom stereocenters. The number of rotatable bonds is 22. The van der Waals surface area contributed by atoms with Crippen molar-refractivity contribution in [3.8, 4) is 0 Å². The third kappa shape index (κ3) is 15.7. The first-order valence-electron chi connectivity index (χ1n) is 18.5. The molecule has 0 saturated heterocycles. The van der Waals surface area contributed by atoms with Gasteiger partial charge in [0.2, 0.25) is 23.6 Å². The molecule has 5 amide bonds. The average Bonchev–Trinajstić information content (AvgIpc) is 3.10. The van der Waals surface area contributed by atoms with E-state index in [2.05, 4.69) is 70.8 Å². The molecule has 294 valence electrons. The molecule has 0 spiro atoms. The van der Waals surface area contributed by atoms with Gasteiger partial charge in [0, 0.05) is 5.56 Å². The van der Waals surface area contributed by atoms with Gasteiger partial charge in [0.05, 0.1) is 13.7 Å². The van der Waals surface area contributed by atoms with Crippen LogP contribution in [0.3, 0.4) is 0 Å². The van der Waals surface area contributed by atoms with Crippen molar-refractivity contribution in [3.63, 3.8) is 0 Å². The number of ether oxygens (including phenoxy) is 1. The van der Waals surface area contributed by atoms with Crippen LogP contribution in [0.15, 0.2) is 24.3 Å². The molecule has 0 aliphatic rings. The lowest BCUT2D eigenvalue weighted by atomic mass is 9.86. The Bertz CT molecular complexity index is 1310. The Hall–Kier alpha value is -4.04. The molecule has 52 heavy (non-hydrogen) atoms. The van der Waals surface area contributed by atoms with Gasteiger partial charge in [0.25, 0.3) is 5.91 Å². The molecule has 0 saturated carbocycles. The van der Waals surface area contributed by atoms with E-state index in [4.69, 9.17) is 0 Å². The van der Waals surface area contributed by atoms with Gasteiger partial charge >= 0.3 is 5.97 Å². The zero-order valence-corrected chi connectivity index (χ0v) is 32.9. The minimum atomic E-state index is -1.31. The smallest absolute Gasteiger partial charge is 0.330 e. The normalized spacial score (nSPS) is 14.4. The van der Waals surface area contributed by atoms with Crippen LogP contribution in [-0.4, -0.2) is 109 Å². The molecule has 14 heteroatoms. The molecule has 0 heterocycles. The molecule has 0 aromatic heterocycles. The van der Waals surface area contributed by atoms with Crippen molar-refractivity contribution in [2.45, 2.75) is 130 Å². The lowest BCUT2D eigenvalue weighted by Gasteiger charge is -2.27. The summed E-state index contributed by atoms with van der Waals surface area (Å²) in [7, 11) is 1.14. The van der Waals surface area contributed by atoms with Crippen molar-refractivity contribution in [1.82, 2.24) is 31.5 Å². The molecule has 6 N–H and O–H groups in total. The number of aliphatic hydroxyl groups excluding tert-OH is 1. The topological polar surface area (TPSA) is 195 Å². The van der Waals surface area contributed by atoms with Gasteiger partial charge < -0.3 is 41.3 Å². The monoisotopic (exact) mass is 732 g/mol. The highest BCUT2D eigenvalue weighted by atomic mass is 16.5. The Morgan fingerprint density at radius 3 is 1.77 bits per heavy atom. The summed E-state index contributed by atoms with van der Waals surface area (Å²) in [6, 6.07) is 1.78. The average molecular weight is 733 g/mol. The molecule has 1 unspecified atom stereocenters. The predicted molar refractivity (Wildman–Crippen MR) is 200 cm³/mol. The summed E-state index contributed by atoms with van der Waals surface area (Å²) < 4.78 is 4.66. The largest absolute Gasteiger partial charge is 0.467 e. The fourth-order valence-corrected chi connectivity index (χ4v) is 5.45. The number of amides is 5. The molecule has 0 radical (unpaired) electrons. The fraction of sp³-hybridized carbons (Fsp3) is 0.684. The van der Waals surface area contributed by atoms with Crippen LogP contribution >= 0.6 is 0 Å². The Balaban J connectivity index is 3.03. The van der Waals surface area contributed by atoms with Gasteiger partial charge in [-0.15, -0.1) is 0 Å². The van der Waals surface area contributed by atoms with Crippen LogP contribution in [0, 0.1) is 5.92 Å². The fourth-order valence-electron chi connectivity index (χ4n) is 5.45. The van der Waals surface area contributed by atoms with Gasteiger partial charge in [0.1, 0.15) is 24.2 Å². The number of hydrogen-bond donors (Lipinski definition) is 6. The minimum absolute atomic E-state index is 0.0301. The van der Waals surface area contributed by atoms with Gasteiger partial charge in [-0.05, 0) is 87.7 Å². The van der Waals surface area contributed by atoms with Crippen molar-refractivity contribution in [1.29, 1.82) is 0 Å². The van der Waals surface area contributed by atoms with Gasteiger partial charge in [-0.2, -0.15) is 0 Å². The van der Waals surface area contributed by atoms with E-state index < -0.39 is 72.3 Å². The Kier molecular flexibility index (Phi) is 20.2. The Morgan fingerprint density at radius 1 is 0.731 bits per heavy atom. The highest BCUT2D eigenvalue weighted by Gasteiger charge is 2.31. The number of nitrogens with zero attached hydrogens (tertiary/aromatic N) is 1. The molecule has 0 aliphatic carbocycles. The first kappa shape index (κ1) is 46.0. The van der Waals surface area contributed by atoms with Crippen molar-refractivity contribution in [2.24, 2.45) is 5.92 Å². The van der Waals surface area contributed by atoms with E-state index >= 15 is 0 Å². The van der Waals surface area contributed by atoms with Crippen LogP contribution in [-0.2, 0) is 34.1 Å². The third-order valence-corrected chi connectivity index (χ3v) is 8.86. The zero-order chi connectivity index (χ0) is 39.6. The highest BCUT2D eigenvalue weighted by molar-refractivity contribution is 5.99. The molecule has 1 aromatic rings. The van der Waals surface area contributed by atoms with Gasteiger partial charge in [0.15, 0.2) is 6.04 Å². The second kappa shape index (κ2) is 22.8. The van der Waals surface area contributed by atoms with Crippen molar-refractivity contribution in [2.75, 3.05) is 33.4 Å². The van der Waals surface area contributed by atoms with Gasteiger partial charge in [-0.25, -0.2) is 4.79 Å². The molecule has 14 nitrogen and oxygen atoms in total. The SMILES string of the molecule is CCC(NC(=O)c1ccc(C(C)(C)C)cc1)C(=O)N[C@@H](C)C(=O)N[C@@H](CC(C)C)C(=O)N[C@@H](CCCCN(CC)CC)C(=O)N[C@@H](CO)C(=O)OC. The highest BCUT2D eigenvalue weighted by Crippen LogP contribution is 2.22. The van der Waals surface area contributed by atoms with E-state index in [1.54, 1.807) is 19.1 Å². The van der Waals surface area contributed by atoms with Crippen LogP contribution in [0.1, 0.15) is 110 Å². The van der Waals surface area contributed by atoms with Gasteiger partial charge in [-0.3, -0.25) is 24.0 Å². The van der Waals surface area contributed by atoms with Crippen molar-refractivity contribution in [3.05, 3.63) is 35.4 Å². The van der Waals surface area contributed by atoms with Gasteiger partial charge in [-0.1, -0.05) is 67.5 Å². The van der Waals surface area contributed by atoms with Crippen LogP contribution in [0.25, 0.3) is 0 Å². The molecular weight excluding hydrogens is 668 g/mol. The first-order valence-corrected chi connectivity index (χ1v) is 18.5. The summed E-state index contributed by atoms with van der Waals surface area (Å²) in [5.74, 6) is -3.75.